The zero-order valence-electron chi connectivity index (χ0n) is 8.53. The van der Waals surface area contributed by atoms with E-state index in [1.807, 2.05) is 23.6 Å². The second kappa shape index (κ2) is 4.31. The van der Waals surface area contributed by atoms with Crippen LogP contribution in [0.5, 0.6) is 0 Å². The van der Waals surface area contributed by atoms with Crippen molar-refractivity contribution in [2.24, 2.45) is 0 Å². The molecule has 2 rings (SSSR count). The Labute approximate surface area is 93.0 Å². The van der Waals surface area contributed by atoms with Crippen molar-refractivity contribution in [3.05, 3.63) is 35.3 Å². The van der Waals surface area contributed by atoms with Crippen molar-refractivity contribution in [3.63, 3.8) is 0 Å². The maximum atomic E-state index is 5.90. The number of aryl methyl sites for hydroxylation is 1. The Morgan fingerprint density at radius 3 is 2.93 bits per heavy atom. The van der Waals surface area contributed by atoms with Crippen molar-refractivity contribution < 1.29 is 0 Å². The summed E-state index contributed by atoms with van der Waals surface area (Å²) in [6, 6.07) is 6.02. The number of nitrogens with two attached hydrogens (primary N) is 1. The predicted molar refractivity (Wildman–Crippen MR) is 65.6 cm³/mol. The summed E-state index contributed by atoms with van der Waals surface area (Å²) in [5.41, 5.74) is 8.90. The van der Waals surface area contributed by atoms with Crippen molar-refractivity contribution >= 4 is 27.8 Å². The van der Waals surface area contributed by atoms with Gasteiger partial charge in [0.1, 0.15) is 0 Å². The third-order valence-electron chi connectivity index (χ3n) is 2.21. The first kappa shape index (κ1) is 9.98. The first-order valence-electron chi connectivity index (χ1n) is 4.84. The van der Waals surface area contributed by atoms with Gasteiger partial charge in [0.05, 0.1) is 0 Å². The van der Waals surface area contributed by atoms with Gasteiger partial charge in [0.2, 0.25) is 0 Å². The highest BCUT2D eigenvalue weighted by Gasteiger charge is 2.00. The molecule has 0 amide bonds. The van der Waals surface area contributed by atoms with Gasteiger partial charge in [-0.3, -0.25) is 0 Å². The van der Waals surface area contributed by atoms with Crippen LogP contribution < -0.4 is 11.1 Å². The van der Waals surface area contributed by atoms with Crippen molar-refractivity contribution in [1.82, 2.24) is 4.98 Å². The molecule has 1 heterocycles. The lowest BCUT2D eigenvalue weighted by Crippen LogP contribution is -1.95. The molecular weight excluding hydrogens is 206 g/mol. The third-order valence-corrected chi connectivity index (χ3v) is 2.90. The molecule has 0 aliphatic heterocycles. The monoisotopic (exact) mass is 219 g/mol. The molecule has 15 heavy (non-hydrogen) atoms. The summed E-state index contributed by atoms with van der Waals surface area (Å²) in [7, 11) is 0. The topological polar surface area (TPSA) is 50.9 Å². The van der Waals surface area contributed by atoms with E-state index in [-0.39, 0.29) is 0 Å². The zero-order chi connectivity index (χ0) is 10.7. The molecular formula is C11H13N3S. The smallest absolute Gasteiger partial charge is 0.187 e. The first-order chi connectivity index (χ1) is 7.29. The van der Waals surface area contributed by atoms with Crippen LogP contribution in [-0.4, -0.2) is 4.98 Å². The van der Waals surface area contributed by atoms with E-state index < -0.39 is 0 Å². The van der Waals surface area contributed by atoms with E-state index in [0.717, 1.165) is 22.9 Å². The van der Waals surface area contributed by atoms with Gasteiger partial charge in [-0.25, -0.2) is 4.98 Å². The number of benzene rings is 1. The number of nitrogens with one attached hydrogen (secondary N) is 1. The van der Waals surface area contributed by atoms with E-state index in [4.69, 9.17) is 5.73 Å². The molecule has 0 radical (unpaired) electrons. The molecule has 4 heteroatoms. The zero-order valence-corrected chi connectivity index (χ0v) is 9.34. The molecule has 78 valence electrons. The molecule has 1 aromatic heterocycles. The van der Waals surface area contributed by atoms with E-state index in [9.17, 15) is 0 Å². The van der Waals surface area contributed by atoms with Crippen LogP contribution in [0, 0.1) is 0 Å². The Kier molecular flexibility index (Phi) is 2.87. The van der Waals surface area contributed by atoms with Crippen LogP contribution in [0.3, 0.4) is 0 Å². The van der Waals surface area contributed by atoms with Crippen molar-refractivity contribution in [2.45, 2.75) is 13.3 Å². The first-order valence-corrected chi connectivity index (χ1v) is 5.72. The van der Waals surface area contributed by atoms with Gasteiger partial charge in [0.15, 0.2) is 5.13 Å². The van der Waals surface area contributed by atoms with Gasteiger partial charge in [0, 0.05) is 23.0 Å². The highest BCUT2D eigenvalue weighted by atomic mass is 32.1. The van der Waals surface area contributed by atoms with Gasteiger partial charge in [0.25, 0.3) is 0 Å². The average Bonchev–Trinajstić information content (AvgIpc) is 2.71. The van der Waals surface area contributed by atoms with Crippen molar-refractivity contribution in [2.75, 3.05) is 11.1 Å². The third kappa shape index (κ3) is 2.27. The lowest BCUT2D eigenvalue weighted by atomic mass is 10.1. The molecule has 0 atom stereocenters. The number of rotatable bonds is 3. The SMILES string of the molecule is CCc1ccc(Nc2nccs2)cc1N. The highest BCUT2D eigenvalue weighted by molar-refractivity contribution is 7.13. The Morgan fingerprint density at radius 2 is 2.33 bits per heavy atom. The molecule has 0 spiro atoms. The van der Waals surface area contributed by atoms with Crippen LogP contribution in [0.25, 0.3) is 0 Å². The fourth-order valence-corrected chi connectivity index (χ4v) is 1.95. The average molecular weight is 219 g/mol. The quantitative estimate of drug-likeness (QED) is 0.780. The molecule has 3 nitrogen and oxygen atoms in total. The number of hydrogen-bond acceptors (Lipinski definition) is 4. The lowest BCUT2D eigenvalue weighted by Gasteiger charge is -2.06. The summed E-state index contributed by atoms with van der Waals surface area (Å²) in [5.74, 6) is 0. The Morgan fingerprint density at radius 1 is 1.47 bits per heavy atom. The van der Waals surface area contributed by atoms with Crippen LogP contribution in [0.2, 0.25) is 0 Å². The van der Waals surface area contributed by atoms with Gasteiger partial charge >= 0.3 is 0 Å². The summed E-state index contributed by atoms with van der Waals surface area (Å²) in [6.07, 6.45) is 2.74. The van der Waals surface area contributed by atoms with E-state index in [1.54, 1.807) is 17.5 Å². The molecule has 0 fully saturated rings. The fraction of sp³-hybridized carbons (Fsp3) is 0.182. The van der Waals surface area contributed by atoms with Crippen LogP contribution in [-0.2, 0) is 6.42 Å². The minimum absolute atomic E-state index is 0.832. The Hall–Kier alpha value is -1.55. The minimum atomic E-state index is 0.832. The summed E-state index contributed by atoms with van der Waals surface area (Å²) >= 11 is 1.57. The van der Waals surface area contributed by atoms with Crippen molar-refractivity contribution in [3.8, 4) is 0 Å². The van der Waals surface area contributed by atoms with E-state index >= 15 is 0 Å². The van der Waals surface area contributed by atoms with Crippen LogP contribution in [0.1, 0.15) is 12.5 Å². The Balaban J connectivity index is 2.20. The molecule has 1 aromatic carbocycles. The number of nitrogens with zero attached hydrogens (tertiary/aromatic N) is 1. The molecule has 2 aromatic rings. The fourth-order valence-electron chi connectivity index (χ4n) is 1.40. The number of thiazole rings is 1. The number of nitrogen functional groups attached to an aromatic ring is 1. The number of hydrogen-bond donors (Lipinski definition) is 2. The summed E-state index contributed by atoms with van der Waals surface area (Å²) in [5, 5.41) is 6.03. The van der Waals surface area contributed by atoms with Crippen LogP contribution >= 0.6 is 11.3 Å². The van der Waals surface area contributed by atoms with Gasteiger partial charge in [-0.05, 0) is 24.1 Å². The summed E-state index contributed by atoms with van der Waals surface area (Å²) in [4.78, 5) is 4.15. The number of anilines is 3. The standard InChI is InChI=1S/C11H13N3S/c1-2-8-3-4-9(7-10(8)12)14-11-13-5-6-15-11/h3-7H,2,12H2,1H3,(H,13,14). The molecule has 0 saturated carbocycles. The van der Waals surface area contributed by atoms with Gasteiger partial charge in [-0.1, -0.05) is 13.0 Å². The molecule has 3 N–H and O–H groups in total. The molecule has 0 bridgehead atoms. The molecule has 0 unspecified atom stereocenters. The highest BCUT2D eigenvalue weighted by Crippen LogP contribution is 2.22. The van der Waals surface area contributed by atoms with Crippen LogP contribution in [0.4, 0.5) is 16.5 Å². The molecule has 0 saturated heterocycles. The van der Waals surface area contributed by atoms with E-state index in [2.05, 4.69) is 17.2 Å². The van der Waals surface area contributed by atoms with Gasteiger partial charge in [-0.2, -0.15) is 0 Å². The predicted octanol–water partition coefficient (Wildman–Crippen LogP) is 3.03. The maximum absolute atomic E-state index is 5.90. The largest absolute Gasteiger partial charge is 0.398 e. The maximum Gasteiger partial charge on any atom is 0.187 e. The van der Waals surface area contributed by atoms with Crippen molar-refractivity contribution in [1.29, 1.82) is 0 Å². The molecule has 0 aliphatic carbocycles. The van der Waals surface area contributed by atoms with Gasteiger partial charge < -0.3 is 11.1 Å². The second-order valence-corrected chi connectivity index (χ2v) is 4.12. The summed E-state index contributed by atoms with van der Waals surface area (Å²) in [6.45, 7) is 2.10. The minimum Gasteiger partial charge on any atom is -0.398 e. The normalized spacial score (nSPS) is 10.2. The summed E-state index contributed by atoms with van der Waals surface area (Å²) < 4.78 is 0. The van der Waals surface area contributed by atoms with Gasteiger partial charge in [-0.15, -0.1) is 11.3 Å². The second-order valence-electron chi connectivity index (χ2n) is 3.23. The Bertz CT molecular complexity index is 437. The van der Waals surface area contributed by atoms with E-state index in [1.165, 1.54) is 5.56 Å². The van der Waals surface area contributed by atoms with E-state index in [0.29, 0.717) is 0 Å². The molecule has 0 aliphatic rings. The van der Waals surface area contributed by atoms with Crippen LogP contribution in [0.15, 0.2) is 29.8 Å². The number of aromatic nitrogens is 1. The lowest BCUT2D eigenvalue weighted by molar-refractivity contribution is 1.14.